The maximum atomic E-state index is 10.1. The number of rotatable bonds is 6. The third-order valence-electron chi connectivity index (χ3n) is 4.24. The van der Waals surface area contributed by atoms with Gasteiger partial charge in [-0.05, 0) is 29.7 Å². The molecular weight excluding hydrogens is 298 g/mol. The summed E-state index contributed by atoms with van der Waals surface area (Å²) in [6.07, 6.45) is 4.81. The van der Waals surface area contributed by atoms with Crippen molar-refractivity contribution in [2.24, 2.45) is 7.05 Å². The summed E-state index contributed by atoms with van der Waals surface area (Å²) in [6.45, 7) is 2.87. The standard InChI is InChI=1S/C20H23N3O/c1-3-19(18-9-4-5-10-20(18)24)21-12-15-7-6-8-16(11-15)17-13-22-23(2)14-17/h4-11,13-14,19,21,24H,3,12H2,1-2H3. The van der Waals surface area contributed by atoms with Crippen LogP contribution in [0.25, 0.3) is 11.1 Å². The van der Waals surface area contributed by atoms with Crippen molar-refractivity contribution < 1.29 is 5.11 Å². The Morgan fingerprint density at radius 3 is 2.67 bits per heavy atom. The first kappa shape index (κ1) is 16.3. The van der Waals surface area contributed by atoms with Crippen LogP contribution in [-0.4, -0.2) is 14.9 Å². The van der Waals surface area contributed by atoms with Crippen LogP contribution in [-0.2, 0) is 13.6 Å². The fourth-order valence-corrected chi connectivity index (χ4v) is 2.93. The molecule has 1 aromatic heterocycles. The molecule has 0 aliphatic carbocycles. The van der Waals surface area contributed by atoms with Gasteiger partial charge in [-0.15, -0.1) is 0 Å². The molecule has 0 aliphatic rings. The van der Waals surface area contributed by atoms with E-state index in [-0.39, 0.29) is 6.04 Å². The van der Waals surface area contributed by atoms with Gasteiger partial charge in [0.05, 0.1) is 6.20 Å². The van der Waals surface area contributed by atoms with Gasteiger partial charge < -0.3 is 10.4 Å². The van der Waals surface area contributed by atoms with E-state index < -0.39 is 0 Å². The predicted molar refractivity (Wildman–Crippen MR) is 96.6 cm³/mol. The van der Waals surface area contributed by atoms with E-state index in [2.05, 4.69) is 41.6 Å². The largest absolute Gasteiger partial charge is 0.508 e. The smallest absolute Gasteiger partial charge is 0.120 e. The molecule has 0 saturated carbocycles. The number of aromatic hydroxyl groups is 1. The second-order valence-electron chi connectivity index (χ2n) is 6.00. The van der Waals surface area contributed by atoms with Crippen molar-refractivity contribution in [3.8, 4) is 16.9 Å². The van der Waals surface area contributed by atoms with Crippen molar-refractivity contribution in [3.05, 3.63) is 72.1 Å². The van der Waals surface area contributed by atoms with Crippen LogP contribution in [0.5, 0.6) is 5.75 Å². The molecule has 4 heteroatoms. The maximum absolute atomic E-state index is 10.1. The first-order valence-corrected chi connectivity index (χ1v) is 8.26. The van der Waals surface area contributed by atoms with Crippen molar-refractivity contribution in [1.82, 2.24) is 15.1 Å². The normalized spacial score (nSPS) is 12.2. The van der Waals surface area contributed by atoms with Gasteiger partial charge in [0, 0.05) is 37.0 Å². The van der Waals surface area contributed by atoms with Gasteiger partial charge in [0.2, 0.25) is 0 Å². The minimum atomic E-state index is 0.133. The first-order valence-electron chi connectivity index (χ1n) is 8.26. The Kier molecular flexibility index (Phi) is 4.96. The maximum Gasteiger partial charge on any atom is 0.120 e. The second kappa shape index (κ2) is 7.32. The summed E-state index contributed by atoms with van der Waals surface area (Å²) in [5, 5.41) is 17.8. The zero-order valence-electron chi connectivity index (χ0n) is 14.1. The van der Waals surface area contributed by atoms with Crippen LogP contribution in [0.1, 0.15) is 30.5 Å². The van der Waals surface area contributed by atoms with Crippen LogP contribution in [0, 0.1) is 0 Å². The highest BCUT2D eigenvalue weighted by atomic mass is 16.3. The molecule has 2 aromatic carbocycles. The van der Waals surface area contributed by atoms with E-state index in [1.165, 1.54) is 5.56 Å². The van der Waals surface area contributed by atoms with Gasteiger partial charge in [0.15, 0.2) is 0 Å². The number of para-hydroxylation sites is 1. The number of nitrogens with one attached hydrogen (secondary N) is 1. The Morgan fingerprint density at radius 2 is 1.96 bits per heavy atom. The number of phenolic OH excluding ortho intramolecular Hbond substituents is 1. The molecule has 0 bridgehead atoms. The minimum Gasteiger partial charge on any atom is -0.508 e. The lowest BCUT2D eigenvalue weighted by Gasteiger charge is -2.19. The SMILES string of the molecule is CCC(NCc1cccc(-c2cnn(C)c2)c1)c1ccccc1O. The van der Waals surface area contributed by atoms with Crippen molar-refractivity contribution in [2.75, 3.05) is 0 Å². The molecule has 4 nitrogen and oxygen atoms in total. The molecule has 1 unspecified atom stereocenters. The summed E-state index contributed by atoms with van der Waals surface area (Å²) in [7, 11) is 1.92. The number of hydrogen-bond acceptors (Lipinski definition) is 3. The van der Waals surface area contributed by atoms with Gasteiger partial charge in [0.1, 0.15) is 5.75 Å². The number of hydrogen-bond donors (Lipinski definition) is 2. The Bertz CT molecular complexity index is 810. The van der Waals surface area contributed by atoms with Crippen molar-refractivity contribution in [3.63, 3.8) is 0 Å². The lowest BCUT2D eigenvalue weighted by atomic mass is 10.0. The zero-order chi connectivity index (χ0) is 16.9. The van der Waals surface area contributed by atoms with Crippen LogP contribution in [0.15, 0.2) is 60.9 Å². The monoisotopic (exact) mass is 321 g/mol. The molecule has 3 rings (SSSR count). The number of aryl methyl sites for hydroxylation is 1. The van der Waals surface area contributed by atoms with Gasteiger partial charge in [-0.3, -0.25) is 4.68 Å². The average molecular weight is 321 g/mol. The summed E-state index contributed by atoms with van der Waals surface area (Å²) < 4.78 is 1.81. The molecule has 24 heavy (non-hydrogen) atoms. The Hall–Kier alpha value is -2.59. The number of nitrogens with zero attached hydrogens (tertiary/aromatic N) is 2. The average Bonchev–Trinajstić information content (AvgIpc) is 3.04. The molecule has 0 fully saturated rings. The molecule has 0 radical (unpaired) electrons. The van der Waals surface area contributed by atoms with Gasteiger partial charge in [0.25, 0.3) is 0 Å². The first-order chi connectivity index (χ1) is 11.7. The van der Waals surface area contributed by atoms with Gasteiger partial charge in [-0.1, -0.05) is 43.3 Å². The second-order valence-corrected chi connectivity index (χ2v) is 6.00. The lowest BCUT2D eigenvalue weighted by molar-refractivity contribution is 0.441. The van der Waals surface area contributed by atoms with E-state index >= 15 is 0 Å². The highest BCUT2D eigenvalue weighted by molar-refractivity contribution is 5.62. The Balaban J connectivity index is 1.73. The third kappa shape index (κ3) is 3.66. The van der Waals surface area contributed by atoms with Crippen LogP contribution in [0.3, 0.4) is 0 Å². The lowest BCUT2D eigenvalue weighted by Crippen LogP contribution is -2.20. The van der Waals surface area contributed by atoms with Crippen molar-refractivity contribution >= 4 is 0 Å². The molecule has 2 N–H and O–H groups in total. The molecule has 1 atom stereocenters. The van der Waals surface area contributed by atoms with Crippen LogP contribution >= 0.6 is 0 Å². The summed E-state index contributed by atoms with van der Waals surface area (Å²) >= 11 is 0. The highest BCUT2D eigenvalue weighted by Crippen LogP contribution is 2.26. The molecular formula is C20H23N3O. The van der Waals surface area contributed by atoms with E-state index in [1.54, 1.807) is 6.07 Å². The summed E-state index contributed by atoms with van der Waals surface area (Å²) in [5.74, 6) is 0.348. The highest BCUT2D eigenvalue weighted by Gasteiger charge is 2.12. The summed E-state index contributed by atoms with van der Waals surface area (Å²) in [4.78, 5) is 0. The Labute approximate surface area is 142 Å². The number of benzene rings is 2. The fourth-order valence-electron chi connectivity index (χ4n) is 2.93. The van der Waals surface area contributed by atoms with Crippen LogP contribution < -0.4 is 5.32 Å². The number of phenols is 1. The topological polar surface area (TPSA) is 50.1 Å². The summed E-state index contributed by atoms with van der Waals surface area (Å²) in [6, 6.07) is 16.1. The van der Waals surface area contributed by atoms with Gasteiger partial charge >= 0.3 is 0 Å². The predicted octanol–water partition coefficient (Wildman–Crippen LogP) is 4.03. The molecule has 0 spiro atoms. The fraction of sp³-hybridized carbons (Fsp3) is 0.250. The zero-order valence-corrected chi connectivity index (χ0v) is 14.1. The van der Waals surface area contributed by atoms with Crippen LogP contribution in [0.2, 0.25) is 0 Å². The Morgan fingerprint density at radius 1 is 1.12 bits per heavy atom. The van der Waals surface area contributed by atoms with E-state index in [4.69, 9.17) is 0 Å². The minimum absolute atomic E-state index is 0.133. The molecule has 0 amide bonds. The quantitative estimate of drug-likeness (QED) is 0.720. The molecule has 0 aliphatic heterocycles. The van der Waals surface area contributed by atoms with E-state index in [0.717, 1.165) is 29.7 Å². The van der Waals surface area contributed by atoms with Gasteiger partial charge in [-0.25, -0.2) is 0 Å². The van der Waals surface area contributed by atoms with E-state index in [9.17, 15) is 5.11 Å². The van der Waals surface area contributed by atoms with Gasteiger partial charge in [-0.2, -0.15) is 5.10 Å². The number of aromatic nitrogens is 2. The van der Waals surface area contributed by atoms with Crippen LogP contribution in [0.4, 0.5) is 0 Å². The van der Waals surface area contributed by atoms with E-state index in [0.29, 0.717) is 5.75 Å². The molecule has 3 aromatic rings. The molecule has 1 heterocycles. The van der Waals surface area contributed by atoms with Crippen molar-refractivity contribution in [1.29, 1.82) is 0 Å². The summed E-state index contributed by atoms with van der Waals surface area (Å²) in [5.41, 5.74) is 4.44. The molecule has 0 saturated heterocycles. The molecule has 124 valence electrons. The van der Waals surface area contributed by atoms with E-state index in [1.807, 2.05) is 42.3 Å². The van der Waals surface area contributed by atoms with Crippen molar-refractivity contribution in [2.45, 2.75) is 25.9 Å². The third-order valence-corrected chi connectivity index (χ3v) is 4.24.